The second kappa shape index (κ2) is 6.90. The number of hydrogen-bond donors (Lipinski definition) is 2. The third-order valence-electron chi connectivity index (χ3n) is 4.58. The van der Waals surface area contributed by atoms with Gasteiger partial charge in [0.1, 0.15) is 0 Å². The molecule has 0 bridgehead atoms. The van der Waals surface area contributed by atoms with Gasteiger partial charge >= 0.3 is 0 Å². The van der Waals surface area contributed by atoms with Gasteiger partial charge in [0.15, 0.2) is 0 Å². The van der Waals surface area contributed by atoms with Gasteiger partial charge < -0.3 is 10.6 Å². The second-order valence-electron chi connectivity index (χ2n) is 7.22. The molecule has 4 nitrogen and oxygen atoms in total. The normalized spacial score (nSPS) is 23.3. The molecule has 1 atom stereocenters. The fourth-order valence-electron chi connectivity index (χ4n) is 2.80. The first kappa shape index (κ1) is 15.8. The molecule has 2 aliphatic rings. The van der Waals surface area contributed by atoms with Crippen LogP contribution in [0.5, 0.6) is 0 Å². The lowest BCUT2D eigenvalue weighted by molar-refractivity contribution is -0.124. The number of amides is 1. The number of hydrogen-bond acceptors (Lipinski definition) is 3. The van der Waals surface area contributed by atoms with Crippen LogP contribution in [0.2, 0.25) is 0 Å². The monoisotopic (exact) mass is 281 g/mol. The first-order valence-electron chi connectivity index (χ1n) is 8.25. The van der Waals surface area contributed by atoms with Crippen molar-refractivity contribution in [3.8, 4) is 0 Å². The lowest BCUT2D eigenvalue weighted by Crippen LogP contribution is -2.49. The molecular formula is C16H31N3O. The van der Waals surface area contributed by atoms with Crippen LogP contribution in [0.3, 0.4) is 0 Å². The van der Waals surface area contributed by atoms with Gasteiger partial charge in [-0.1, -0.05) is 6.92 Å². The molecule has 1 aliphatic heterocycles. The highest BCUT2D eigenvalue weighted by Gasteiger charge is 2.28. The minimum absolute atomic E-state index is 0.0893. The average molecular weight is 281 g/mol. The summed E-state index contributed by atoms with van der Waals surface area (Å²) in [5.41, 5.74) is -0.0893. The van der Waals surface area contributed by atoms with E-state index < -0.39 is 0 Å². The molecule has 1 saturated carbocycles. The van der Waals surface area contributed by atoms with Crippen LogP contribution in [0.15, 0.2) is 0 Å². The summed E-state index contributed by atoms with van der Waals surface area (Å²) in [6, 6.07) is 0.584. The second-order valence-corrected chi connectivity index (χ2v) is 7.22. The highest BCUT2D eigenvalue weighted by Crippen LogP contribution is 2.29. The largest absolute Gasteiger partial charge is 0.350 e. The number of nitrogens with zero attached hydrogens (tertiary/aromatic N) is 1. The van der Waals surface area contributed by atoms with Crippen LogP contribution in [0, 0.1) is 5.92 Å². The maximum Gasteiger partial charge on any atom is 0.234 e. The Hall–Kier alpha value is -0.610. The van der Waals surface area contributed by atoms with E-state index in [1.165, 1.54) is 25.7 Å². The zero-order valence-electron chi connectivity index (χ0n) is 13.4. The van der Waals surface area contributed by atoms with Crippen LogP contribution in [-0.2, 0) is 4.79 Å². The fraction of sp³-hybridized carbons (Fsp3) is 0.938. The summed E-state index contributed by atoms with van der Waals surface area (Å²) in [7, 11) is 0. The maximum absolute atomic E-state index is 12.2. The molecule has 1 aliphatic carbocycles. The first-order chi connectivity index (χ1) is 9.48. The summed E-state index contributed by atoms with van der Waals surface area (Å²) in [4.78, 5) is 14.6. The summed E-state index contributed by atoms with van der Waals surface area (Å²) in [5.74, 6) is 1.01. The summed E-state index contributed by atoms with van der Waals surface area (Å²) < 4.78 is 0. The van der Waals surface area contributed by atoms with E-state index in [-0.39, 0.29) is 11.4 Å². The van der Waals surface area contributed by atoms with E-state index in [0.717, 1.165) is 32.0 Å². The third kappa shape index (κ3) is 5.41. The summed E-state index contributed by atoms with van der Waals surface area (Å²) in [6.07, 6.45) is 6.18. The van der Waals surface area contributed by atoms with Gasteiger partial charge in [-0.2, -0.15) is 0 Å². The standard InChI is InChI=1S/C16H31N3O/c1-4-16(2,3)18-15(20)12-19(10-13-7-8-13)11-14-6-5-9-17-14/h13-14,17H,4-12H2,1-3H3,(H,18,20). The van der Waals surface area contributed by atoms with Gasteiger partial charge in [-0.15, -0.1) is 0 Å². The van der Waals surface area contributed by atoms with Crippen LogP contribution in [-0.4, -0.2) is 48.6 Å². The van der Waals surface area contributed by atoms with Crippen molar-refractivity contribution in [1.29, 1.82) is 0 Å². The molecule has 2 rings (SSSR count). The predicted octanol–water partition coefficient (Wildman–Crippen LogP) is 1.76. The zero-order chi connectivity index (χ0) is 14.6. The summed E-state index contributed by atoms with van der Waals surface area (Å²) in [5, 5.41) is 6.69. The van der Waals surface area contributed by atoms with E-state index in [2.05, 4.69) is 36.3 Å². The highest BCUT2D eigenvalue weighted by molar-refractivity contribution is 5.78. The molecule has 2 N–H and O–H groups in total. The summed E-state index contributed by atoms with van der Waals surface area (Å²) >= 11 is 0. The average Bonchev–Trinajstić information content (AvgIpc) is 3.02. The van der Waals surface area contributed by atoms with Crippen LogP contribution in [0.25, 0.3) is 0 Å². The maximum atomic E-state index is 12.2. The van der Waals surface area contributed by atoms with Crippen LogP contribution < -0.4 is 10.6 Å². The van der Waals surface area contributed by atoms with Gasteiger partial charge in [-0.25, -0.2) is 0 Å². The van der Waals surface area contributed by atoms with E-state index in [4.69, 9.17) is 0 Å². The molecular weight excluding hydrogens is 250 g/mol. The quantitative estimate of drug-likeness (QED) is 0.712. The minimum Gasteiger partial charge on any atom is -0.350 e. The Morgan fingerprint density at radius 3 is 2.60 bits per heavy atom. The molecule has 0 aromatic rings. The predicted molar refractivity (Wildman–Crippen MR) is 82.7 cm³/mol. The Labute approximate surface area is 123 Å². The molecule has 0 spiro atoms. The third-order valence-corrected chi connectivity index (χ3v) is 4.58. The van der Waals surface area contributed by atoms with E-state index in [0.29, 0.717) is 12.6 Å². The number of carbonyl (C=O) groups is 1. The Morgan fingerprint density at radius 2 is 2.05 bits per heavy atom. The van der Waals surface area contributed by atoms with Gasteiger partial charge in [0.2, 0.25) is 5.91 Å². The van der Waals surface area contributed by atoms with Crippen molar-refractivity contribution in [2.24, 2.45) is 5.92 Å². The number of rotatable bonds is 8. The molecule has 1 saturated heterocycles. The molecule has 0 radical (unpaired) electrons. The van der Waals surface area contributed by atoms with Gasteiger partial charge in [0, 0.05) is 24.7 Å². The van der Waals surface area contributed by atoms with E-state index in [1.807, 2.05) is 0 Å². The van der Waals surface area contributed by atoms with E-state index in [1.54, 1.807) is 0 Å². The molecule has 4 heteroatoms. The number of carbonyl (C=O) groups excluding carboxylic acids is 1. The number of nitrogens with one attached hydrogen (secondary N) is 2. The Kier molecular flexibility index (Phi) is 5.44. The molecule has 1 amide bonds. The lowest BCUT2D eigenvalue weighted by Gasteiger charge is -2.29. The Bertz CT molecular complexity index is 320. The first-order valence-corrected chi connectivity index (χ1v) is 8.25. The molecule has 0 aromatic heterocycles. The van der Waals surface area contributed by atoms with Crippen molar-refractivity contribution in [3.05, 3.63) is 0 Å². The molecule has 0 aromatic carbocycles. The molecule has 116 valence electrons. The van der Waals surface area contributed by atoms with Crippen molar-refractivity contribution in [2.45, 2.75) is 64.5 Å². The van der Waals surface area contributed by atoms with Crippen molar-refractivity contribution in [1.82, 2.24) is 15.5 Å². The molecule has 20 heavy (non-hydrogen) atoms. The fourth-order valence-corrected chi connectivity index (χ4v) is 2.80. The van der Waals surface area contributed by atoms with Crippen molar-refractivity contribution in [3.63, 3.8) is 0 Å². The molecule has 2 fully saturated rings. The van der Waals surface area contributed by atoms with Crippen LogP contribution >= 0.6 is 0 Å². The van der Waals surface area contributed by atoms with Crippen molar-refractivity contribution >= 4 is 5.91 Å². The Balaban J connectivity index is 1.80. The van der Waals surface area contributed by atoms with Crippen LogP contribution in [0.4, 0.5) is 0 Å². The molecule has 1 heterocycles. The summed E-state index contributed by atoms with van der Waals surface area (Å²) in [6.45, 7) is 10.1. The zero-order valence-corrected chi connectivity index (χ0v) is 13.4. The van der Waals surface area contributed by atoms with E-state index in [9.17, 15) is 4.79 Å². The Morgan fingerprint density at radius 1 is 1.30 bits per heavy atom. The van der Waals surface area contributed by atoms with Gasteiger partial charge in [0.25, 0.3) is 0 Å². The van der Waals surface area contributed by atoms with E-state index >= 15 is 0 Å². The lowest BCUT2D eigenvalue weighted by atomic mass is 10.0. The highest BCUT2D eigenvalue weighted by atomic mass is 16.2. The SMILES string of the molecule is CCC(C)(C)NC(=O)CN(CC1CC1)CC1CCCN1. The molecule has 1 unspecified atom stereocenters. The minimum atomic E-state index is -0.0893. The topological polar surface area (TPSA) is 44.4 Å². The van der Waals surface area contributed by atoms with Crippen molar-refractivity contribution in [2.75, 3.05) is 26.2 Å². The smallest absolute Gasteiger partial charge is 0.234 e. The van der Waals surface area contributed by atoms with Gasteiger partial charge in [0.05, 0.1) is 6.54 Å². The van der Waals surface area contributed by atoms with Crippen LogP contribution in [0.1, 0.15) is 52.9 Å². The van der Waals surface area contributed by atoms with Crippen molar-refractivity contribution < 1.29 is 4.79 Å². The van der Waals surface area contributed by atoms with Gasteiger partial charge in [-0.05, 0) is 58.4 Å². The van der Waals surface area contributed by atoms with Gasteiger partial charge in [-0.3, -0.25) is 9.69 Å².